The predicted octanol–water partition coefficient (Wildman–Crippen LogP) is 4.67. The number of nitrogens with zero attached hydrogens (tertiary/aromatic N) is 3. The van der Waals surface area contributed by atoms with Crippen LogP contribution in [0.2, 0.25) is 0 Å². The molecule has 2 aliphatic rings. The highest BCUT2D eigenvalue weighted by molar-refractivity contribution is 5.59. The van der Waals surface area contributed by atoms with Crippen LogP contribution >= 0.6 is 0 Å². The van der Waals surface area contributed by atoms with Gasteiger partial charge in [0.2, 0.25) is 5.95 Å². The van der Waals surface area contributed by atoms with Crippen molar-refractivity contribution in [3.05, 3.63) is 53.9 Å². The molecular formula is C21H26N4. The fraction of sp³-hybridized carbons (Fsp3) is 0.429. The summed E-state index contributed by atoms with van der Waals surface area (Å²) in [6.45, 7) is 6.84. The van der Waals surface area contributed by atoms with Gasteiger partial charge in [-0.3, -0.25) is 0 Å². The van der Waals surface area contributed by atoms with E-state index >= 15 is 0 Å². The second-order valence-corrected chi connectivity index (χ2v) is 7.37. The maximum Gasteiger partial charge on any atom is 0.227 e. The molecule has 0 spiro atoms. The van der Waals surface area contributed by atoms with E-state index in [0.717, 1.165) is 12.1 Å². The van der Waals surface area contributed by atoms with Crippen molar-refractivity contribution in [1.82, 2.24) is 9.97 Å². The molecule has 1 fully saturated rings. The average molecular weight is 334 g/mol. The minimum absolute atomic E-state index is 0.379. The van der Waals surface area contributed by atoms with Crippen molar-refractivity contribution in [2.45, 2.75) is 39.0 Å². The van der Waals surface area contributed by atoms with E-state index in [1.165, 1.54) is 42.9 Å². The minimum Gasteiger partial charge on any atom is -0.372 e. The van der Waals surface area contributed by atoms with Crippen molar-refractivity contribution in [2.75, 3.05) is 23.3 Å². The first-order chi connectivity index (χ1) is 12.2. The fourth-order valence-corrected chi connectivity index (χ4v) is 3.76. The zero-order valence-corrected chi connectivity index (χ0v) is 15.1. The van der Waals surface area contributed by atoms with Crippen LogP contribution in [0.25, 0.3) is 0 Å². The number of aromatic nitrogens is 2. The zero-order chi connectivity index (χ0) is 17.2. The Labute approximate surface area is 150 Å². The summed E-state index contributed by atoms with van der Waals surface area (Å²) in [4.78, 5) is 11.8. The SMILES string of the molecule is CC(C)C1C=CCc2cnc(Nc3ccc(N4CCCC4)cc3)nc21. The van der Waals surface area contributed by atoms with Gasteiger partial charge in [0.15, 0.2) is 0 Å². The molecule has 2 heterocycles. The van der Waals surface area contributed by atoms with Crippen LogP contribution < -0.4 is 10.2 Å². The Bertz CT molecular complexity index is 758. The summed E-state index contributed by atoms with van der Waals surface area (Å²) < 4.78 is 0. The molecule has 1 atom stereocenters. The molecule has 1 aromatic heterocycles. The predicted molar refractivity (Wildman–Crippen MR) is 104 cm³/mol. The maximum absolute atomic E-state index is 4.83. The van der Waals surface area contributed by atoms with Gasteiger partial charge in [0.25, 0.3) is 0 Å². The van der Waals surface area contributed by atoms with Gasteiger partial charge in [0.05, 0.1) is 5.69 Å². The Hall–Kier alpha value is -2.36. The third-order valence-electron chi connectivity index (χ3n) is 5.21. The second kappa shape index (κ2) is 6.87. The zero-order valence-electron chi connectivity index (χ0n) is 15.1. The van der Waals surface area contributed by atoms with Crippen LogP contribution in [0.3, 0.4) is 0 Å². The Kier molecular flexibility index (Phi) is 4.43. The maximum atomic E-state index is 4.83. The Morgan fingerprint density at radius 1 is 1.12 bits per heavy atom. The van der Waals surface area contributed by atoms with E-state index in [0.29, 0.717) is 17.8 Å². The molecule has 1 saturated heterocycles. The molecule has 4 heteroatoms. The molecule has 25 heavy (non-hydrogen) atoms. The highest BCUT2D eigenvalue weighted by Gasteiger charge is 2.21. The van der Waals surface area contributed by atoms with E-state index < -0.39 is 0 Å². The van der Waals surface area contributed by atoms with Crippen LogP contribution in [0, 0.1) is 5.92 Å². The average Bonchev–Trinajstić information content (AvgIpc) is 3.16. The van der Waals surface area contributed by atoms with Gasteiger partial charge in [0, 0.05) is 36.6 Å². The van der Waals surface area contributed by atoms with Crippen molar-refractivity contribution in [3.63, 3.8) is 0 Å². The first-order valence-corrected chi connectivity index (χ1v) is 9.35. The molecule has 4 rings (SSSR count). The van der Waals surface area contributed by atoms with E-state index in [9.17, 15) is 0 Å². The minimum atomic E-state index is 0.379. The molecule has 0 amide bonds. The summed E-state index contributed by atoms with van der Waals surface area (Å²) in [5.41, 5.74) is 4.76. The first kappa shape index (κ1) is 16.1. The third kappa shape index (κ3) is 3.39. The lowest BCUT2D eigenvalue weighted by Gasteiger charge is -2.23. The normalized spacial score (nSPS) is 19.3. The lowest BCUT2D eigenvalue weighted by atomic mass is 9.85. The molecule has 1 aromatic carbocycles. The summed E-state index contributed by atoms with van der Waals surface area (Å²) in [6, 6.07) is 8.62. The quantitative estimate of drug-likeness (QED) is 0.825. The summed E-state index contributed by atoms with van der Waals surface area (Å²) in [7, 11) is 0. The van der Waals surface area contributed by atoms with E-state index in [-0.39, 0.29) is 0 Å². The number of allylic oxidation sites excluding steroid dienone is 2. The van der Waals surface area contributed by atoms with Crippen LogP contribution in [-0.2, 0) is 6.42 Å². The molecule has 2 aromatic rings. The number of rotatable bonds is 4. The Morgan fingerprint density at radius 2 is 1.88 bits per heavy atom. The molecule has 1 aliphatic heterocycles. The van der Waals surface area contributed by atoms with Crippen molar-refractivity contribution >= 4 is 17.3 Å². The number of hydrogen-bond acceptors (Lipinski definition) is 4. The standard InChI is InChI=1S/C21H26N4/c1-15(2)19-7-5-6-16-14-22-21(24-20(16)19)23-17-8-10-18(11-9-17)25-12-3-4-13-25/h5,7-11,14-15,19H,3-4,6,12-13H2,1-2H3,(H,22,23,24). The number of hydrogen-bond donors (Lipinski definition) is 1. The Morgan fingerprint density at radius 3 is 2.60 bits per heavy atom. The first-order valence-electron chi connectivity index (χ1n) is 9.35. The molecule has 1 aliphatic carbocycles. The summed E-state index contributed by atoms with van der Waals surface area (Å²) in [5, 5.41) is 3.37. The molecule has 130 valence electrons. The number of anilines is 3. The Balaban J connectivity index is 1.52. The van der Waals surface area contributed by atoms with Crippen molar-refractivity contribution < 1.29 is 0 Å². The van der Waals surface area contributed by atoms with Gasteiger partial charge in [0.1, 0.15) is 0 Å². The molecule has 1 unspecified atom stereocenters. The topological polar surface area (TPSA) is 41.1 Å². The lowest BCUT2D eigenvalue weighted by Crippen LogP contribution is -2.17. The third-order valence-corrected chi connectivity index (χ3v) is 5.21. The van der Waals surface area contributed by atoms with Crippen molar-refractivity contribution in [3.8, 4) is 0 Å². The largest absolute Gasteiger partial charge is 0.372 e. The van der Waals surface area contributed by atoms with Crippen LogP contribution in [0.4, 0.5) is 17.3 Å². The fourth-order valence-electron chi connectivity index (χ4n) is 3.76. The summed E-state index contributed by atoms with van der Waals surface area (Å²) >= 11 is 0. The van der Waals surface area contributed by atoms with E-state index in [4.69, 9.17) is 4.98 Å². The van der Waals surface area contributed by atoms with Gasteiger partial charge in [-0.1, -0.05) is 26.0 Å². The van der Waals surface area contributed by atoms with Crippen molar-refractivity contribution in [1.29, 1.82) is 0 Å². The smallest absolute Gasteiger partial charge is 0.227 e. The molecule has 0 radical (unpaired) electrons. The van der Waals surface area contributed by atoms with Crippen LogP contribution in [0.5, 0.6) is 0 Å². The summed E-state index contributed by atoms with van der Waals surface area (Å²) in [6.07, 6.45) is 10.0. The number of nitrogens with one attached hydrogen (secondary N) is 1. The molecular weight excluding hydrogens is 308 g/mol. The molecule has 0 bridgehead atoms. The van der Waals surface area contributed by atoms with Gasteiger partial charge in [-0.05, 0) is 55.0 Å². The van der Waals surface area contributed by atoms with Crippen molar-refractivity contribution in [2.24, 2.45) is 5.92 Å². The van der Waals surface area contributed by atoms with Gasteiger partial charge in [-0.2, -0.15) is 0 Å². The highest BCUT2D eigenvalue weighted by Crippen LogP contribution is 2.32. The van der Waals surface area contributed by atoms with Gasteiger partial charge in [-0.15, -0.1) is 0 Å². The number of benzene rings is 1. The van der Waals surface area contributed by atoms with E-state index in [2.05, 4.69) is 65.5 Å². The van der Waals surface area contributed by atoms with Crippen LogP contribution in [-0.4, -0.2) is 23.1 Å². The van der Waals surface area contributed by atoms with Gasteiger partial charge in [-0.25, -0.2) is 9.97 Å². The van der Waals surface area contributed by atoms with E-state index in [1.54, 1.807) is 0 Å². The van der Waals surface area contributed by atoms with Crippen LogP contribution in [0.1, 0.15) is 43.9 Å². The monoisotopic (exact) mass is 334 g/mol. The van der Waals surface area contributed by atoms with Crippen LogP contribution in [0.15, 0.2) is 42.6 Å². The summed E-state index contributed by atoms with van der Waals surface area (Å²) in [5.74, 6) is 1.61. The lowest BCUT2D eigenvalue weighted by molar-refractivity contribution is 0.555. The van der Waals surface area contributed by atoms with E-state index in [1.807, 2.05) is 6.20 Å². The molecule has 1 N–H and O–H groups in total. The molecule has 0 saturated carbocycles. The van der Waals surface area contributed by atoms with Gasteiger partial charge >= 0.3 is 0 Å². The highest BCUT2D eigenvalue weighted by atomic mass is 15.1. The molecule has 4 nitrogen and oxygen atoms in total. The van der Waals surface area contributed by atoms with Gasteiger partial charge < -0.3 is 10.2 Å². The second-order valence-electron chi connectivity index (χ2n) is 7.37. The number of fused-ring (bicyclic) bond motifs is 1.